The van der Waals surface area contributed by atoms with Crippen LogP contribution in [0, 0.1) is 0 Å². The quantitative estimate of drug-likeness (QED) is 0.121. The largest absolute Gasteiger partial charge is 0.356 e. The number of rotatable bonds is 8. The number of imide groups is 1. The van der Waals surface area contributed by atoms with Gasteiger partial charge in [0.25, 0.3) is 5.91 Å². The smallest absolute Gasteiger partial charge is 0.325 e. The lowest BCUT2D eigenvalue weighted by Crippen LogP contribution is -2.43. The number of nitrogens with zero attached hydrogens (tertiary/aromatic N) is 3. The fraction of sp³-hybridized carbons (Fsp3) is 0.556. The van der Waals surface area contributed by atoms with E-state index in [9.17, 15) is 9.59 Å². The Labute approximate surface area is 187 Å². The Morgan fingerprint density at radius 3 is 2.61 bits per heavy atom. The summed E-state index contributed by atoms with van der Waals surface area (Å²) in [6.07, 6.45) is 3.76. The topological polar surface area (TPSA) is 98.7 Å². The van der Waals surface area contributed by atoms with Gasteiger partial charge in [-0.1, -0.05) is 24.6 Å². The van der Waals surface area contributed by atoms with E-state index in [1.54, 1.807) is 26.2 Å². The summed E-state index contributed by atoms with van der Waals surface area (Å²) in [6, 6.07) is 3.39. The molecule has 0 spiro atoms. The van der Waals surface area contributed by atoms with E-state index in [2.05, 4.69) is 25.9 Å². The van der Waals surface area contributed by atoms with Crippen LogP contribution in [0.2, 0.25) is 5.15 Å². The highest BCUT2D eigenvalue weighted by Gasteiger charge is 2.45. The standard InChI is InChI=1S/C18H27ClN6O2.HI/c1-4-18(2)15(26)25(17(27)24-18)11-5-9-21-16(20-3)22-10-8-13-6-7-14(19)23-12-13;/h6-7,12H,4-5,8-11H2,1-3H3,(H,24,27)(H2,20,21,22);1H. The van der Waals surface area contributed by atoms with Crippen molar-refractivity contribution >= 4 is 53.5 Å². The second-order valence-electron chi connectivity index (χ2n) is 6.59. The number of carbonyl (C=O) groups is 2. The summed E-state index contributed by atoms with van der Waals surface area (Å²) in [7, 11) is 1.70. The van der Waals surface area contributed by atoms with Gasteiger partial charge in [0, 0.05) is 32.9 Å². The molecule has 1 aliphatic rings. The molecule has 1 fully saturated rings. The predicted molar refractivity (Wildman–Crippen MR) is 121 cm³/mol. The van der Waals surface area contributed by atoms with Crippen LogP contribution in [0.1, 0.15) is 32.3 Å². The fourth-order valence-corrected chi connectivity index (χ4v) is 2.85. The van der Waals surface area contributed by atoms with Gasteiger partial charge in [-0.2, -0.15) is 0 Å². The Morgan fingerprint density at radius 2 is 2.04 bits per heavy atom. The second kappa shape index (κ2) is 11.4. The first-order valence-electron chi connectivity index (χ1n) is 9.08. The predicted octanol–water partition coefficient (Wildman–Crippen LogP) is 2.17. The molecule has 0 radical (unpaired) electrons. The van der Waals surface area contributed by atoms with Crippen LogP contribution in [0.25, 0.3) is 0 Å². The first-order chi connectivity index (χ1) is 12.9. The Balaban J connectivity index is 0.00000392. The van der Waals surface area contributed by atoms with Crippen molar-refractivity contribution in [3.05, 3.63) is 29.0 Å². The Hall–Kier alpha value is -1.62. The molecule has 0 aliphatic carbocycles. The molecule has 1 atom stereocenters. The first kappa shape index (κ1) is 24.4. The third-order valence-corrected chi connectivity index (χ3v) is 4.85. The van der Waals surface area contributed by atoms with Crippen LogP contribution in [0.4, 0.5) is 4.79 Å². The van der Waals surface area contributed by atoms with Gasteiger partial charge in [0.05, 0.1) is 0 Å². The van der Waals surface area contributed by atoms with Gasteiger partial charge in [0.1, 0.15) is 10.7 Å². The monoisotopic (exact) mass is 522 g/mol. The Morgan fingerprint density at radius 1 is 1.32 bits per heavy atom. The number of halogens is 2. The molecule has 1 aliphatic heterocycles. The zero-order valence-electron chi connectivity index (χ0n) is 16.4. The highest BCUT2D eigenvalue weighted by Crippen LogP contribution is 2.20. The van der Waals surface area contributed by atoms with Crippen LogP contribution < -0.4 is 16.0 Å². The molecule has 28 heavy (non-hydrogen) atoms. The zero-order valence-corrected chi connectivity index (χ0v) is 19.5. The third kappa shape index (κ3) is 6.47. The minimum Gasteiger partial charge on any atom is -0.356 e. The van der Waals surface area contributed by atoms with Gasteiger partial charge in [-0.25, -0.2) is 9.78 Å². The van der Waals surface area contributed by atoms with Crippen molar-refractivity contribution in [1.29, 1.82) is 0 Å². The molecular weight excluding hydrogens is 495 g/mol. The lowest BCUT2D eigenvalue weighted by molar-refractivity contribution is -0.130. The van der Waals surface area contributed by atoms with Gasteiger partial charge < -0.3 is 16.0 Å². The average Bonchev–Trinajstić information content (AvgIpc) is 2.88. The molecule has 2 rings (SSSR count). The van der Waals surface area contributed by atoms with E-state index in [0.29, 0.717) is 43.6 Å². The number of guanidine groups is 1. The number of carbonyl (C=O) groups excluding carboxylic acids is 2. The van der Waals surface area contributed by atoms with Gasteiger partial charge in [-0.3, -0.25) is 14.7 Å². The lowest BCUT2D eigenvalue weighted by Gasteiger charge is -2.19. The summed E-state index contributed by atoms with van der Waals surface area (Å²) in [4.78, 5) is 33.8. The Kier molecular flexibility index (Phi) is 9.94. The van der Waals surface area contributed by atoms with Gasteiger partial charge in [0.2, 0.25) is 0 Å². The average molecular weight is 523 g/mol. The van der Waals surface area contributed by atoms with Crippen LogP contribution in [0.5, 0.6) is 0 Å². The molecule has 156 valence electrons. The molecule has 10 heteroatoms. The number of hydrogen-bond acceptors (Lipinski definition) is 4. The Bertz CT molecular complexity index is 700. The number of pyridine rings is 1. The summed E-state index contributed by atoms with van der Waals surface area (Å²) >= 11 is 5.77. The van der Waals surface area contributed by atoms with Gasteiger partial charge in [-0.05, 0) is 37.8 Å². The molecule has 2 heterocycles. The van der Waals surface area contributed by atoms with Crippen molar-refractivity contribution in [2.45, 2.75) is 38.6 Å². The molecule has 8 nitrogen and oxygen atoms in total. The second-order valence-corrected chi connectivity index (χ2v) is 6.98. The molecule has 0 bridgehead atoms. The number of urea groups is 1. The normalized spacial score (nSPS) is 19.3. The van der Waals surface area contributed by atoms with Crippen molar-refractivity contribution in [3.63, 3.8) is 0 Å². The van der Waals surface area contributed by atoms with Crippen LogP contribution in [-0.4, -0.2) is 60.0 Å². The fourth-order valence-electron chi connectivity index (χ4n) is 2.73. The summed E-state index contributed by atoms with van der Waals surface area (Å²) in [5, 5.41) is 9.64. The van der Waals surface area contributed by atoms with Crippen LogP contribution in [0.15, 0.2) is 23.3 Å². The number of amides is 3. The van der Waals surface area contributed by atoms with E-state index in [1.807, 2.05) is 13.0 Å². The lowest BCUT2D eigenvalue weighted by atomic mass is 9.99. The first-order valence-corrected chi connectivity index (χ1v) is 9.46. The number of nitrogens with one attached hydrogen (secondary N) is 3. The molecule has 1 unspecified atom stereocenters. The van der Waals surface area contributed by atoms with Crippen LogP contribution in [0.3, 0.4) is 0 Å². The maximum Gasteiger partial charge on any atom is 0.325 e. The van der Waals surface area contributed by atoms with E-state index in [4.69, 9.17) is 11.6 Å². The van der Waals surface area contributed by atoms with Crippen molar-refractivity contribution < 1.29 is 9.59 Å². The summed E-state index contributed by atoms with van der Waals surface area (Å²) < 4.78 is 0. The maximum absolute atomic E-state index is 12.3. The maximum atomic E-state index is 12.3. The van der Waals surface area contributed by atoms with E-state index < -0.39 is 5.54 Å². The number of aliphatic imine (C=N–C) groups is 1. The minimum atomic E-state index is -0.779. The molecule has 3 N–H and O–H groups in total. The zero-order chi connectivity index (χ0) is 19.9. The van der Waals surface area contributed by atoms with Gasteiger partial charge in [-0.15, -0.1) is 24.0 Å². The highest BCUT2D eigenvalue weighted by molar-refractivity contribution is 14.0. The molecule has 3 amide bonds. The van der Waals surface area contributed by atoms with E-state index >= 15 is 0 Å². The van der Waals surface area contributed by atoms with Crippen LogP contribution >= 0.6 is 35.6 Å². The van der Waals surface area contributed by atoms with Crippen molar-refractivity contribution in [2.75, 3.05) is 26.7 Å². The van der Waals surface area contributed by atoms with E-state index in [1.165, 1.54) is 4.90 Å². The molecule has 1 aromatic rings. The van der Waals surface area contributed by atoms with Gasteiger partial charge in [0.15, 0.2) is 5.96 Å². The summed E-state index contributed by atoms with van der Waals surface area (Å²) in [5.74, 6) is 0.515. The van der Waals surface area contributed by atoms with Crippen molar-refractivity contribution in [2.24, 2.45) is 4.99 Å². The minimum absolute atomic E-state index is 0. The molecule has 0 aromatic carbocycles. The summed E-state index contributed by atoms with van der Waals surface area (Å²) in [5.41, 5.74) is 0.304. The third-order valence-electron chi connectivity index (χ3n) is 4.62. The highest BCUT2D eigenvalue weighted by atomic mass is 127. The molecule has 1 saturated heterocycles. The van der Waals surface area contributed by atoms with Crippen molar-refractivity contribution in [1.82, 2.24) is 25.8 Å². The molecular formula is C18H28ClIN6O2. The number of hydrogen-bond donors (Lipinski definition) is 3. The molecule has 1 aromatic heterocycles. The number of aromatic nitrogens is 1. The SMILES string of the molecule is CCC1(C)NC(=O)N(CCCNC(=NC)NCCc2ccc(Cl)nc2)C1=O.I. The van der Waals surface area contributed by atoms with Crippen LogP contribution in [-0.2, 0) is 11.2 Å². The van der Waals surface area contributed by atoms with E-state index in [-0.39, 0.29) is 35.9 Å². The molecule has 0 saturated carbocycles. The van der Waals surface area contributed by atoms with Crippen molar-refractivity contribution in [3.8, 4) is 0 Å². The van der Waals surface area contributed by atoms with Gasteiger partial charge >= 0.3 is 6.03 Å². The van der Waals surface area contributed by atoms with E-state index in [0.717, 1.165) is 12.0 Å². The summed E-state index contributed by atoms with van der Waals surface area (Å²) in [6.45, 7) is 5.32.